The second-order valence-electron chi connectivity index (χ2n) is 6.24. The Bertz CT molecular complexity index is 195. The molecule has 0 saturated heterocycles. The van der Waals surface area contributed by atoms with E-state index >= 15 is 0 Å². The molecule has 0 aliphatic carbocycles. The topological polar surface area (TPSA) is 35.5 Å². The smallest absolute Gasteiger partial charge is 0.0610 e. The van der Waals surface area contributed by atoms with Crippen LogP contribution in [0.1, 0.15) is 41.0 Å². The van der Waals surface area contributed by atoms with Crippen molar-refractivity contribution in [1.82, 2.24) is 10.2 Å². The Morgan fingerprint density at radius 3 is 2.06 bits per heavy atom. The maximum atomic E-state index is 9.32. The van der Waals surface area contributed by atoms with Gasteiger partial charge in [-0.2, -0.15) is 0 Å². The summed E-state index contributed by atoms with van der Waals surface area (Å²) in [7, 11) is 4.06. The first-order chi connectivity index (χ1) is 7.16. The summed E-state index contributed by atoms with van der Waals surface area (Å²) in [6, 6.07) is 0.535. The van der Waals surface area contributed by atoms with Crippen molar-refractivity contribution in [2.24, 2.45) is 5.41 Å². The van der Waals surface area contributed by atoms with E-state index in [2.05, 4.69) is 51.9 Å². The lowest BCUT2D eigenvalue weighted by molar-refractivity contribution is 0.111. The molecule has 0 radical (unpaired) electrons. The maximum absolute atomic E-state index is 9.32. The molecule has 0 rings (SSSR count). The Labute approximate surface area is 101 Å². The van der Waals surface area contributed by atoms with Crippen molar-refractivity contribution in [2.45, 2.75) is 52.6 Å². The minimum absolute atomic E-state index is 0.161. The molecule has 98 valence electrons. The zero-order chi connectivity index (χ0) is 13.0. The van der Waals surface area contributed by atoms with Gasteiger partial charge in [-0.1, -0.05) is 20.8 Å². The average Bonchev–Trinajstić information content (AvgIpc) is 2.23. The van der Waals surface area contributed by atoms with Crippen molar-refractivity contribution >= 4 is 0 Å². The second-order valence-corrected chi connectivity index (χ2v) is 6.24. The molecule has 0 spiro atoms. The van der Waals surface area contributed by atoms with Crippen LogP contribution in [0.4, 0.5) is 0 Å². The predicted molar refractivity (Wildman–Crippen MR) is 70.7 cm³/mol. The molecule has 0 aromatic rings. The van der Waals surface area contributed by atoms with Crippen LogP contribution in [-0.2, 0) is 0 Å². The number of hydrogen-bond donors (Lipinski definition) is 2. The number of rotatable bonds is 6. The minimum atomic E-state index is -0.161. The Balaban J connectivity index is 4.21. The molecule has 0 fully saturated rings. The molecule has 2 unspecified atom stereocenters. The van der Waals surface area contributed by atoms with Gasteiger partial charge in [-0.3, -0.25) is 0 Å². The van der Waals surface area contributed by atoms with Crippen LogP contribution in [0.2, 0.25) is 0 Å². The minimum Gasteiger partial charge on any atom is -0.394 e. The molecule has 2 N–H and O–H groups in total. The van der Waals surface area contributed by atoms with Crippen LogP contribution in [-0.4, -0.2) is 48.8 Å². The fraction of sp³-hybridized carbons (Fsp3) is 1.00. The molecule has 0 bridgehead atoms. The molecule has 0 aromatic carbocycles. The summed E-state index contributed by atoms with van der Waals surface area (Å²) < 4.78 is 0. The first-order valence-corrected chi connectivity index (χ1v) is 6.16. The maximum Gasteiger partial charge on any atom is 0.0610 e. The van der Waals surface area contributed by atoms with E-state index in [0.29, 0.717) is 11.5 Å². The summed E-state index contributed by atoms with van der Waals surface area (Å²) in [4.78, 5) is 2.37. The van der Waals surface area contributed by atoms with Crippen LogP contribution < -0.4 is 5.32 Å². The van der Waals surface area contributed by atoms with Crippen molar-refractivity contribution in [1.29, 1.82) is 0 Å². The van der Waals surface area contributed by atoms with Gasteiger partial charge in [0.25, 0.3) is 0 Å². The molecule has 0 heterocycles. The number of aliphatic hydroxyl groups excluding tert-OH is 1. The SMILES string of the molecule is CNC(C)(CO)CCN(C)C(C)C(C)(C)C. The number of nitrogens with zero attached hydrogens (tertiary/aromatic N) is 1. The molecular weight excluding hydrogens is 200 g/mol. The lowest BCUT2D eigenvalue weighted by Gasteiger charge is -2.37. The molecule has 3 heteroatoms. The molecule has 2 atom stereocenters. The highest BCUT2D eigenvalue weighted by Gasteiger charge is 2.26. The molecule has 0 aromatic heterocycles. The van der Waals surface area contributed by atoms with Gasteiger partial charge >= 0.3 is 0 Å². The van der Waals surface area contributed by atoms with E-state index < -0.39 is 0 Å². The van der Waals surface area contributed by atoms with Gasteiger partial charge in [0.2, 0.25) is 0 Å². The molecular formula is C13H30N2O. The van der Waals surface area contributed by atoms with Crippen LogP contribution in [0, 0.1) is 5.41 Å². The predicted octanol–water partition coefficient (Wildman–Crippen LogP) is 1.71. The summed E-state index contributed by atoms with van der Waals surface area (Å²) in [5.74, 6) is 0. The second kappa shape index (κ2) is 5.99. The summed E-state index contributed by atoms with van der Waals surface area (Å²) in [5, 5.41) is 12.5. The molecule has 16 heavy (non-hydrogen) atoms. The van der Waals surface area contributed by atoms with Crippen molar-refractivity contribution < 1.29 is 5.11 Å². The molecule has 0 aliphatic rings. The standard InChI is InChI=1S/C13H30N2O/c1-11(12(2,3)4)15(7)9-8-13(5,10-16)14-6/h11,14,16H,8-10H2,1-7H3. The number of hydrogen-bond acceptors (Lipinski definition) is 3. The van der Waals surface area contributed by atoms with E-state index in [1.54, 1.807) is 0 Å². The normalized spacial score (nSPS) is 18.6. The monoisotopic (exact) mass is 230 g/mol. The molecule has 0 amide bonds. The lowest BCUT2D eigenvalue weighted by atomic mass is 9.86. The van der Waals surface area contributed by atoms with E-state index in [4.69, 9.17) is 0 Å². The fourth-order valence-corrected chi connectivity index (χ4v) is 1.56. The van der Waals surface area contributed by atoms with Crippen LogP contribution in [0.3, 0.4) is 0 Å². The van der Waals surface area contributed by atoms with Crippen molar-refractivity contribution in [3.63, 3.8) is 0 Å². The Morgan fingerprint density at radius 1 is 1.25 bits per heavy atom. The highest BCUT2D eigenvalue weighted by molar-refractivity contribution is 4.84. The van der Waals surface area contributed by atoms with E-state index in [1.165, 1.54) is 0 Å². The third-order valence-corrected chi connectivity index (χ3v) is 3.88. The Kier molecular flexibility index (Phi) is 5.94. The van der Waals surface area contributed by atoms with E-state index in [-0.39, 0.29) is 12.1 Å². The Hall–Kier alpha value is -0.120. The zero-order valence-corrected chi connectivity index (χ0v) is 12.1. The van der Waals surface area contributed by atoms with Gasteiger partial charge in [-0.15, -0.1) is 0 Å². The zero-order valence-electron chi connectivity index (χ0n) is 12.1. The van der Waals surface area contributed by atoms with Gasteiger partial charge in [-0.05, 0) is 46.3 Å². The highest BCUT2D eigenvalue weighted by Crippen LogP contribution is 2.23. The Morgan fingerprint density at radius 2 is 1.75 bits per heavy atom. The highest BCUT2D eigenvalue weighted by atomic mass is 16.3. The van der Waals surface area contributed by atoms with Crippen LogP contribution >= 0.6 is 0 Å². The lowest BCUT2D eigenvalue weighted by Crippen LogP contribution is -2.48. The fourth-order valence-electron chi connectivity index (χ4n) is 1.56. The number of nitrogens with one attached hydrogen (secondary N) is 1. The van der Waals surface area contributed by atoms with E-state index in [9.17, 15) is 5.11 Å². The number of likely N-dealkylation sites (N-methyl/N-ethyl adjacent to an activating group) is 1. The van der Waals surface area contributed by atoms with Crippen molar-refractivity contribution in [3.8, 4) is 0 Å². The average molecular weight is 230 g/mol. The molecule has 3 nitrogen and oxygen atoms in total. The third-order valence-electron chi connectivity index (χ3n) is 3.88. The van der Waals surface area contributed by atoms with Gasteiger partial charge in [0.15, 0.2) is 0 Å². The third kappa shape index (κ3) is 4.81. The van der Waals surface area contributed by atoms with Gasteiger partial charge in [0, 0.05) is 11.6 Å². The summed E-state index contributed by atoms with van der Waals surface area (Å²) in [5.41, 5.74) is 0.135. The van der Waals surface area contributed by atoms with E-state index in [1.807, 2.05) is 7.05 Å². The van der Waals surface area contributed by atoms with Crippen LogP contribution in [0.5, 0.6) is 0 Å². The van der Waals surface area contributed by atoms with Gasteiger partial charge in [0.1, 0.15) is 0 Å². The summed E-state index contributed by atoms with van der Waals surface area (Å²) in [6.45, 7) is 12.3. The summed E-state index contributed by atoms with van der Waals surface area (Å²) in [6.07, 6.45) is 0.955. The first-order valence-electron chi connectivity index (χ1n) is 6.16. The molecule has 0 aliphatic heterocycles. The van der Waals surface area contributed by atoms with E-state index in [0.717, 1.165) is 13.0 Å². The van der Waals surface area contributed by atoms with Gasteiger partial charge in [-0.25, -0.2) is 0 Å². The van der Waals surface area contributed by atoms with Gasteiger partial charge < -0.3 is 15.3 Å². The quantitative estimate of drug-likeness (QED) is 0.729. The van der Waals surface area contributed by atoms with Crippen LogP contribution in [0.15, 0.2) is 0 Å². The molecule has 0 saturated carbocycles. The first kappa shape index (κ1) is 15.9. The number of aliphatic hydroxyl groups is 1. The summed E-state index contributed by atoms with van der Waals surface area (Å²) >= 11 is 0. The largest absolute Gasteiger partial charge is 0.394 e. The van der Waals surface area contributed by atoms with Crippen molar-refractivity contribution in [2.75, 3.05) is 27.2 Å². The van der Waals surface area contributed by atoms with Crippen molar-refractivity contribution in [3.05, 3.63) is 0 Å². The van der Waals surface area contributed by atoms with Gasteiger partial charge in [0.05, 0.1) is 6.61 Å². The van der Waals surface area contributed by atoms with Crippen LogP contribution in [0.25, 0.3) is 0 Å².